The topological polar surface area (TPSA) is 79.5 Å². The van der Waals surface area contributed by atoms with Crippen LogP contribution in [0.25, 0.3) is 0 Å². The van der Waals surface area contributed by atoms with Crippen LogP contribution >= 0.6 is 0 Å². The highest BCUT2D eigenvalue weighted by molar-refractivity contribution is 5.66. The second-order valence-electron chi connectivity index (χ2n) is 7.19. The van der Waals surface area contributed by atoms with E-state index in [0.29, 0.717) is 12.2 Å². The Labute approximate surface area is 161 Å². The van der Waals surface area contributed by atoms with Crippen LogP contribution in [0.15, 0.2) is 30.4 Å². The Balaban J connectivity index is 1.79. The molecule has 0 saturated heterocycles. The lowest BCUT2D eigenvalue weighted by Crippen LogP contribution is -2.34. The van der Waals surface area contributed by atoms with Crippen molar-refractivity contribution in [3.05, 3.63) is 35.9 Å². The fourth-order valence-electron chi connectivity index (χ4n) is 3.15. The van der Waals surface area contributed by atoms with E-state index in [1.807, 2.05) is 18.2 Å². The van der Waals surface area contributed by atoms with E-state index in [4.69, 9.17) is 19.8 Å². The summed E-state index contributed by atoms with van der Waals surface area (Å²) >= 11 is 0. The molecule has 1 aliphatic heterocycles. The van der Waals surface area contributed by atoms with Gasteiger partial charge in [0.05, 0.1) is 19.1 Å². The molecule has 0 fully saturated rings. The average molecular weight is 371 g/mol. The minimum atomic E-state index is -0.860. The zero-order valence-electron chi connectivity index (χ0n) is 16.1. The van der Waals surface area contributed by atoms with Crippen LogP contribution in [-0.4, -0.2) is 23.3 Å². The van der Waals surface area contributed by atoms with Crippen LogP contribution < -0.4 is 9.47 Å². The first-order valence-corrected chi connectivity index (χ1v) is 9.73. The van der Waals surface area contributed by atoms with E-state index in [1.165, 1.54) is 0 Å². The number of aryl methyl sites for hydroxylation is 1. The number of ether oxygens (including phenoxy) is 2. The third-order valence-electron chi connectivity index (χ3n) is 4.73. The lowest BCUT2D eigenvalue weighted by Gasteiger charge is -2.33. The summed E-state index contributed by atoms with van der Waals surface area (Å²) in [5, 5.41) is 17.2. The summed E-state index contributed by atoms with van der Waals surface area (Å²) in [5.74, 6) is 0.700. The predicted octanol–water partition coefficient (Wildman–Crippen LogP) is 5.04. The molecule has 1 N–H and O–H groups in total. The number of unbranched alkanes of at least 4 members (excludes halogenated alkanes) is 5. The number of fused-ring (bicyclic) bond motifs is 1. The maximum absolute atomic E-state index is 10.6. The van der Waals surface area contributed by atoms with Gasteiger partial charge in [0.1, 0.15) is 17.1 Å². The number of rotatable bonds is 11. The normalized spacial score (nSPS) is 18.5. The lowest BCUT2D eigenvalue weighted by atomic mass is 9.91. The second kappa shape index (κ2) is 10.6. The molecule has 1 unspecified atom stereocenters. The molecule has 0 spiro atoms. The van der Waals surface area contributed by atoms with Crippen molar-refractivity contribution in [2.45, 2.75) is 70.3 Å². The van der Waals surface area contributed by atoms with Gasteiger partial charge in [-0.25, -0.2) is 0 Å². The molecule has 5 nitrogen and oxygen atoms in total. The highest BCUT2D eigenvalue weighted by atomic mass is 16.5. The monoisotopic (exact) mass is 371 g/mol. The van der Waals surface area contributed by atoms with Crippen molar-refractivity contribution in [1.29, 1.82) is 5.26 Å². The predicted molar refractivity (Wildman–Crippen MR) is 104 cm³/mol. The summed E-state index contributed by atoms with van der Waals surface area (Å²) < 4.78 is 11.7. The van der Waals surface area contributed by atoms with Gasteiger partial charge in [-0.15, -0.1) is 0 Å². The molecular formula is C22H29NO4. The second-order valence-corrected chi connectivity index (χ2v) is 7.19. The number of carboxylic acid groups (broad SMARTS) is 1. The van der Waals surface area contributed by atoms with E-state index in [-0.39, 0.29) is 18.6 Å². The molecule has 0 aromatic heterocycles. The van der Waals surface area contributed by atoms with Crippen molar-refractivity contribution in [1.82, 2.24) is 0 Å². The first kappa shape index (κ1) is 20.8. The SMILES string of the molecule is CC1(C=CCCCCCCC#N)CCc2cc(OCCC(=O)O)ccc2O1. The van der Waals surface area contributed by atoms with Crippen molar-refractivity contribution in [3.8, 4) is 17.6 Å². The van der Waals surface area contributed by atoms with Crippen molar-refractivity contribution < 1.29 is 19.4 Å². The van der Waals surface area contributed by atoms with Gasteiger partial charge in [-0.2, -0.15) is 5.26 Å². The van der Waals surface area contributed by atoms with Gasteiger partial charge in [0.25, 0.3) is 0 Å². The molecule has 0 radical (unpaired) electrons. The third kappa shape index (κ3) is 7.34. The van der Waals surface area contributed by atoms with Crippen LogP contribution in [0.4, 0.5) is 0 Å². The van der Waals surface area contributed by atoms with Gasteiger partial charge in [0.15, 0.2) is 0 Å². The first-order chi connectivity index (χ1) is 13.0. The molecule has 2 rings (SSSR count). The third-order valence-corrected chi connectivity index (χ3v) is 4.73. The highest BCUT2D eigenvalue weighted by Gasteiger charge is 2.29. The Morgan fingerprint density at radius 2 is 2.19 bits per heavy atom. The number of hydrogen-bond donors (Lipinski definition) is 1. The molecule has 0 bridgehead atoms. The van der Waals surface area contributed by atoms with Gasteiger partial charge in [-0.1, -0.05) is 18.9 Å². The maximum Gasteiger partial charge on any atom is 0.306 e. The van der Waals surface area contributed by atoms with Crippen molar-refractivity contribution in [2.75, 3.05) is 6.61 Å². The molecule has 0 aliphatic carbocycles. The summed E-state index contributed by atoms with van der Waals surface area (Å²) in [6.45, 7) is 2.28. The first-order valence-electron chi connectivity index (χ1n) is 9.73. The van der Waals surface area contributed by atoms with Gasteiger partial charge >= 0.3 is 5.97 Å². The number of carboxylic acids is 1. The molecule has 5 heteroatoms. The maximum atomic E-state index is 10.6. The fraction of sp³-hybridized carbons (Fsp3) is 0.545. The lowest BCUT2D eigenvalue weighted by molar-refractivity contribution is -0.137. The summed E-state index contributed by atoms with van der Waals surface area (Å²) in [7, 11) is 0. The number of aliphatic carboxylic acids is 1. The van der Waals surface area contributed by atoms with Gasteiger partial charge in [-0.05, 0) is 68.9 Å². The van der Waals surface area contributed by atoms with Crippen LogP contribution in [0.1, 0.15) is 63.9 Å². The Kier molecular flexibility index (Phi) is 8.19. The standard InChI is InChI=1S/C22H29NO4/c1-22(13-7-5-3-2-4-6-8-15-23)14-11-18-17-19(9-10-20(18)27-22)26-16-12-21(24)25/h7,9-10,13,17H,2-6,8,11-12,14,16H2,1H3,(H,24,25). The van der Waals surface area contributed by atoms with E-state index in [9.17, 15) is 4.79 Å². The Hall–Kier alpha value is -2.48. The van der Waals surface area contributed by atoms with Crippen LogP contribution in [0.2, 0.25) is 0 Å². The Morgan fingerprint density at radius 3 is 2.96 bits per heavy atom. The van der Waals surface area contributed by atoms with Gasteiger partial charge in [0, 0.05) is 6.42 Å². The van der Waals surface area contributed by atoms with Gasteiger partial charge in [0.2, 0.25) is 0 Å². The molecule has 27 heavy (non-hydrogen) atoms. The number of benzene rings is 1. The zero-order chi connectivity index (χ0) is 19.5. The minimum absolute atomic E-state index is 0.00518. The summed E-state index contributed by atoms with van der Waals surface area (Å²) in [4.78, 5) is 10.6. The summed E-state index contributed by atoms with van der Waals surface area (Å²) in [6, 6.07) is 7.87. The molecule has 146 valence electrons. The molecule has 1 heterocycles. The average Bonchev–Trinajstić information content (AvgIpc) is 2.64. The summed E-state index contributed by atoms with van der Waals surface area (Å²) in [5.41, 5.74) is 0.811. The Morgan fingerprint density at radius 1 is 1.37 bits per heavy atom. The van der Waals surface area contributed by atoms with Crippen LogP contribution in [0.3, 0.4) is 0 Å². The van der Waals surface area contributed by atoms with Crippen molar-refractivity contribution in [2.24, 2.45) is 0 Å². The molecular weight excluding hydrogens is 342 g/mol. The van der Waals surface area contributed by atoms with Crippen molar-refractivity contribution >= 4 is 5.97 Å². The quantitative estimate of drug-likeness (QED) is 0.435. The van der Waals surface area contributed by atoms with Crippen LogP contribution in [-0.2, 0) is 11.2 Å². The smallest absolute Gasteiger partial charge is 0.306 e. The van der Waals surface area contributed by atoms with Gasteiger partial charge in [-0.3, -0.25) is 4.79 Å². The number of nitriles is 1. The van der Waals surface area contributed by atoms with Gasteiger partial charge < -0.3 is 14.6 Å². The fourth-order valence-corrected chi connectivity index (χ4v) is 3.15. The number of carbonyl (C=O) groups is 1. The van der Waals surface area contributed by atoms with E-state index in [2.05, 4.69) is 25.1 Å². The number of allylic oxidation sites excluding steroid dienone is 1. The largest absolute Gasteiger partial charge is 0.493 e. The molecule has 0 amide bonds. The minimum Gasteiger partial charge on any atom is -0.493 e. The molecule has 1 aliphatic rings. The Bertz CT molecular complexity index is 692. The van der Waals surface area contributed by atoms with Crippen LogP contribution in [0, 0.1) is 11.3 Å². The molecule has 0 saturated carbocycles. The summed E-state index contributed by atoms with van der Waals surface area (Å²) in [6.07, 6.45) is 12.3. The van der Waals surface area contributed by atoms with E-state index < -0.39 is 5.97 Å². The number of hydrogen-bond acceptors (Lipinski definition) is 4. The molecule has 1 aromatic carbocycles. The van der Waals surface area contributed by atoms with E-state index >= 15 is 0 Å². The van der Waals surface area contributed by atoms with Crippen molar-refractivity contribution in [3.63, 3.8) is 0 Å². The number of nitrogens with zero attached hydrogens (tertiary/aromatic N) is 1. The van der Waals surface area contributed by atoms with E-state index in [1.54, 1.807) is 0 Å². The molecule has 1 aromatic rings. The van der Waals surface area contributed by atoms with Crippen LogP contribution in [0.5, 0.6) is 11.5 Å². The zero-order valence-corrected chi connectivity index (χ0v) is 16.1. The highest BCUT2D eigenvalue weighted by Crippen LogP contribution is 2.36. The molecule has 1 atom stereocenters. The van der Waals surface area contributed by atoms with E-state index in [0.717, 1.165) is 56.3 Å².